The molecule has 1 saturated heterocycles. The van der Waals surface area contributed by atoms with Crippen molar-refractivity contribution in [3.63, 3.8) is 0 Å². The molecular formula is C17H34N2O. The fourth-order valence-electron chi connectivity index (χ4n) is 4.16. The Morgan fingerprint density at radius 2 is 2.10 bits per heavy atom. The van der Waals surface area contributed by atoms with Gasteiger partial charge in [-0.25, -0.2) is 0 Å². The summed E-state index contributed by atoms with van der Waals surface area (Å²) in [5, 5.41) is 13.6. The Morgan fingerprint density at radius 1 is 1.25 bits per heavy atom. The first-order valence-corrected chi connectivity index (χ1v) is 8.83. The van der Waals surface area contributed by atoms with E-state index in [1.165, 1.54) is 45.2 Å². The molecule has 1 saturated carbocycles. The van der Waals surface area contributed by atoms with Gasteiger partial charge < -0.3 is 15.3 Å². The van der Waals surface area contributed by atoms with Gasteiger partial charge in [0.15, 0.2) is 0 Å². The number of nitrogens with one attached hydrogen (secondary N) is 1. The highest BCUT2D eigenvalue weighted by atomic mass is 16.3. The quantitative estimate of drug-likeness (QED) is 0.786. The molecule has 0 radical (unpaired) electrons. The van der Waals surface area contributed by atoms with Crippen molar-refractivity contribution in [2.24, 2.45) is 5.92 Å². The molecule has 2 fully saturated rings. The van der Waals surface area contributed by atoms with Crippen LogP contribution in [0.1, 0.15) is 65.2 Å². The highest BCUT2D eigenvalue weighted by molar-refractivity contribution is 4.97. The number of hydrogen-bond donors (Lipinski definition) is 2. The minimum Gasteiger partial charge on any atom is -0.394 e. The molecule has 2 rings (SSSR count). The molecule has 0 aromatic heterocycles. The Kier molecular flexibility index (Phi) is 6.31. The molecule has 1 aliphatic heterocycles. The normalized spacial score (nSPS) is 36.1. The van der Waals surface area contributed by atoms with Gasteiger partial charge in [-0.3, -0.25) is 0 Å². The first-order chi connectivity index (χ1) is 9.73. The third kappa shape index (κ3) is 3.96. The van der Waals surface area contributed by atoms with Crippen LogP contribution in [0, 0.1) is 5.92 Å². The molecule has 3 heteroatoms. The van der Waals surface area contributed by atoms with Crippen molar-refractivity contribution in [2.75, 3.05) is 26.2 Å². The molecule has 3 atom stereocenters. The summed E-state index contributed by atoms with van der Waals surface area (Å²) in [4.78, 5) is 2.73. The van der Waals surface area contributed by atoms with E-state index in [-0.39, 0.29) is 5.54 Å². The summed E-state index contributed by atoms with van der Waals surface area (Å²) >= 11 is 0. The van der Waals surface area contributed by atoms with Crippen LogP contribution in [0.5, 0.6) is 0 Å². The Balaban J connectivity index is 1.94. The van der Waals surface area contributed by atoms with Gasteiger partial charge in [0.1, 0.15) is 0 Å². The van der Waals surface area contributed by atoms with Crippen molar-refractivity contribution < 1.29 is 5.11 Å². The summed E-state index contributed by atoms with van der Waals surface area (Å²) in [7, 11) is 0. The van der Waals surface area contributed by atoms with Gasteiger partial charge in [-0.15, -0.1) is 0 Å². The van der Waals surface area contributed by atoms with E-state index in [4.69, 9.17) is 0 Å². The van der Waals surface area contributed by atoms with Gasteiger partial charge >= 0.3 is 0 Å². The molecule has 0 aromatic rings. The van der Waals surface area contributed by atoms with Gasteiger partial charge in [0.2, 0.25) is 0 Å². The number of aliphatic hydroxyl groups excluding tert-OH is 1. The molecule has 3 unspecified atom stereocenters. The number of rotatable bonds is 6. The second-order valence-electron chi connectivity index (χ2n) is 7.03. The minimum atomic E-state index is -0.00190. The fourth-order valence-corrected chi connectivity index (χ4v) is 4.16. The average Bonchev–Trinajstić information content (AvgIpc) is 2.53. The lowest BCUT2D eigenvalue weighted by Gasteiger charge is -2.46. The van der Waals surface area contributed by atoms with Crippen molar-refractivity contribution in [1.29, 1.82) is 0 Å². The molecule has 0 bridgehead atoms. The summed E-state index contributed by atoms with van der Waals surface area (Å²) in [5.41, 5.74) is -0.00190. The van der Waals surface area contributed by atoms with Gasteiger partial charge in [-0.2, -0.15) is 0 Å². The maximum Gasteiger partial charge on any atom is 0.0613 e. The molecule has 20 heavy (non-hydrogen) atoms. The van der Waals surface area contributed by atoms with Gasteiger partial charge in [-0.05, 0) is 64.0 Å². The zero-order valence-corrected chi connectivity index (χ0v) is 13.5. The third-order valence-corrected chi connectivity index (χ3v) is 5.52. The van der Waals surface area contributed by atoms with Crippen LogP contribution in [0.2, 0.25) is 0 Å². The van der Waals surface area contributed by atoms with Crippen LogP contribution in [-0.4, -0.2) is 47.8 Å². The summed E-state index contributed by atoms with van der Waals surface area (Å²) < 4.78 is 0. The van der Waals surface area contributed by atoms with Crippen molar-refractivity contribution >= 4 is 0 Å². The number of likely N-dealkylation sites (tertiary alicyclic amines) is 1. The molecule has 2 aliphatic rings. The molecule has 0 amide bonds. The van der Waals surface area contributed by atoms with E-state index in [0.717, 1.165) is 31.7 Å². The molecule has 1 aliphatic carbocycles. The molecule has 118 valence electrons. The summed E-state index contributed by atoms with van der Waals surface area (Å²) in [6, 6.07) is 0.689. The lowest BCUT2D eigenvalue weighted by atomic mass is 9.78. The summed E-state index contributed by atoms with van der Waals surface area (Å²) in [6.07, 6.45) is 10.1. The Hall–Kier alpha value is -0.120. The van der Waals surface area contributed by atoms with Gasteiger partial charge in [0.25, 0.3) is 0 Å². The summed E-state index contributed by atoms with van der Waals surface area (Å²) in [5.74, 6) is 0.901. The van der Waals surface area contributed by atoms with Crippen LogP contribution in [0.25, 0.3) is 0 Å². The van der Waals surface area contributed by atoms with Crippen molar-refractivity contribution in [1.82, 2.24) is 10.2 Å². The maximum atomic E-state index is 9.90. The molecule has 0 spiro atoms. The smallest absolute Gasteiger partial charge is 0.0613 e. The lowest BCUT2D eigenvalue weighted by Crippen LogP contribution is -2.57. The zero-order chi connectivity index (χ0) is 14.4. The largest absolute Gasteiger partial charge is 0.394 e. The van der Waals surface area contributed by atoms with Gasteiger partial charge in [0.05, 0.1) is 6.61 Å². The summed E-state index contributed by atoms with van der Waals surface area (Å²) in [6.45, 7) is 8.43. The van der Waals surface area contributed by atoms with Crippen molar-refractivity contribution in [3.8, 4) is 0 Å². The van der Waals surface area contributed by atoms with E-state index in [2.05, 4.69) is 24.1 Å². The van der Waals surface area contributed by atoms with Crippen LogP contribution in [0.4, 0.5) is 0 Å². The van der Waals surface area contributed by atoms with Crippen LogP contribution in [-0.2, 0) is 0 Å². The Bertz CT molecular complexity index is 284. The average molecular weight is 282 g/mol. The van der Waals surface area contributed by atoms with Gasteiger partial charge in [0, 0.05) is 18.1 Å². The third-order valence-electron chi connectivity index (χ3n) is 5.52. The van der Waals surface area contributed by atoms with E-state index in [9.17, 15) is 5.11 Å². The van der Waals surface area contributed by atoms with Crippen LogP contribution in [0.15, 0.2) is 0 Å². The fraction of sp³-hybridized carbons (Fsp3) is 1.00. The molecule has 3 nitrogen and oxygen atoms in total. The van der Waals surface area contributed by atoms with Crippen molar-refractivity contribution in [3.05, 3.63) is 0 Å². The number of nitrogens with zero attached hydrogens (tertiary/aromatic N) is 1. The van der Waals surface area contributed by atoms with Crippen molar-refractivity contribution in [2.45, 2.75) is 76.8 Å². The number of aliphatic hydroxyl groups is 1. The highest BCUT2D eigenvalue weighted by Gasteiger charge is 2.38. The van der Waals surface area contributed by atoms with E-state index >= 15 is 0 Å². The van der Waals surface area contributed by atoms with Crippen LogP contribution in [0.3, 0.4) is 0 Å². The first-order valence-electron chi connectivity index (χ1n) is 8.83. The SMILES string of the molecule is CCCNC1(CO)CCCC(N2CCCC(CC)C2)C1. The molecule has 1 heterocycles. The lowest BCUT2D eigenvalue weighted by molar-refractivity contribution is 0.0382. The topological polar surface area (TPSA) is 35.5 Å². The van der Waals surface area contributed by atoms with E-state index in [1.807, 2.05) is 0 Å². The molecule has 2 N–H and O–H groups in total. The van der Waals surface area contributed by atoms with E-state index in [0.29, 0.717) is 12.6 Å². The predicted molar refractivity (Wildman–Crippen MR) is 85.0 cm³/mol. The second-order valence-corrected chi connectivity index (χ2v) is 7.03. The monoisotopic (exact) mass is 282 g/mol. The number of piperidine rings is 1. The van der Waals surface area contributed by atoms with E-state index < -0.39 is 0 Å². The first kappa shape index (κ1) is 16.3. The van der Waals surface area contributed by atoms with E-state index in [1.54, 1.807) is 0 Å². The maximum absolute atomic E-state index is 9.90. The molecule has 0 aromatic carbocycles. The predicted octanol–water partition coefficient (Wildman–Crippen LogP) is 2.78. The standard InChI is InChI=1S/C17H34N2O/c1-3-10-18-17(14-20)9-5-8-16(12-17)19-11-6-7-15(4-2)13-19/h15-16,18,20H,3-14H2,1-2H3. The minimum absolute atomic E-state index is 0.00190. The second kappa shape index (κ2) is 7.77. The van der Waals surface area contributed by atoms with Gasteiger partial charge in [-0.1, -0.05) is 20.3 Å². The Morgan fingerprint density at radius 3 is 2.80 bits per heavy atom. The van der Waals surface area contributed by atoms with Crippen LogP contribution < -0.4 is 5.32 Å². The van der Waals surface area contributed by atoms with Crippen LogP contribution >= 0.6 is 0 Å². The zero-order valence-electron chi connectivity index (χ0n) is 13.5. The highest BCUT2D eigenvalue weighted by Crippen LogP contribution is 2.33. The molecular weight excluding hydrogens is 248 g/mol. The number of hydrogen-bond acceptors (Lipinski definition) is 3. The Labute approximate surface area is 125 Å².